The van der Waals surface area contributed by atoms with Gasteiger partial charge in [0.05, 0.1) is 0 Å². The van der Waals surface area contributed by atoms with E-state index in [0.717, 1.165) is 29.7 Å². The van der Waals surface area contributed by atoms with Crippen molar-refractivity contribution in [2.75, 3.05) is 0 Å². The lowest BCUT2D eigenvalue weighted by Gasteiger charge is -2.46. The smallest absolute Gasteiger partial charge is 0.163 e. The minimum absolute atomic E-state index is 0.0578. The number of carbonyl (C=O) groups excluding carboxylic acids is 1. The van der Waals surface area contributed by atoms with Crippen LogP contribution in [0.3, 0.4) is 0 Å². The van der Waals surface area contributed by atoms with Crippen molar-refractivity contribution >= 4 is 5.78 Å². The zero-order valence-electron chi connectivity index (χ0n) is 17.8. The molecule has 1 N–H and O–H groups in total. The van der Waals surface area contributed by atoms with Gasteiger partial charge in [-0.2, -0.15) is 0 Å². The fourth-order valence-electron chi connectivity index (χ4n) is 4.77. The van der Waals surface area contributed by atoms with Crippen molar-refractivity contribution in [3.63, 3.8) is 0 Å². The summed E-state index contributed by atoms with van der Waals surface area (Å²) < 4.78 is 5.98. The standard InChI is InChI=1S/C25H33NO2/c1-18(28-22-9-7-6-8-10-22)20-11-13-21(14-12-20)23(27)15-19-16-24(2,3)26-25(4,5)17-19/h6-14,18-19,26H,15-17H2,1-5H3. The van der Waals surface area contributed by atoms with E-state index in [2.05, 4.69) is 33.0 Å². The number of rotatable bonds is 6. The topological polar surface area (TPSA) is 38.3 Å². The SMILES string of the molecule is CC(Oc1ccccc1)c1ccc(C(=O)CC2CC(C)(C)NC(C)(C)C2)cc1. The maximum atomic E-state index is 12.9. The number of ether oxygens (including phenoxy) is 1. The Labute approximate surface area is 169 Å². The highest BCUT2D eigenvalue weighted by Gasteiger charge is 2.38. The molecule has 0 amide bonds. The molecule has 0 aromatic heterocycles. The normalized spacial score (nSPS) is 19.8. The molecule has 3 heteroatoms. The Morgan fingerprint density at radius 2 is 1.57 bits per heavy atom. The second-order valence-electron chi connectivity index (χ2n) is 9.49. The number of piperidine rings is 1. The molecule has 1 atom stereocenters. The zero-order chi connectivity index (χ0) is 20.4. The summed E-state index contributed by atoms with van der Waals surface area (Å²) in [6.45, 7) is 11.0. The van der Waals surface area contributed by atoms with Crippen LogP contribution in [0, 0.1) is 5.92 Å². The third-order valence-electron chi connectivity index (χ3n) is 5.51. The zero-order valence-corrected chi connectivity index (χ0v) is 17.8. The van der Waals surface area contributed by atoms with Gasteiger partial charge in [0.2, 0.25) is 0 Å². The van der Waals surface area contributed by atoms with Gasteiger partial charge in [-0.05, 0) is 71.1 Å². The van der Waals surface area contributed by atoms with Crippen LogP contribution in [0.15, 0.2) is 54.6 Å². The molecule has 1 aliphatic heterocycles. The van der Waals surface area contributed by atoms with E-state index in [1.54, 1.807) is 0 Å². The molecule has 3 rings (SSSR count). The lowest BCUT2D eigenvalue weighted by Crippen LogP contribution is -2.57. The Morgan fingerprint density at radius 3 is 2.14 bits per heavy atom. The van der Waals surface area contributed by atoms with E-state index < -0.39 is 0 Å². The number of ketones is 1. The highest BCUT2D eigenvalue weighted by atomic mass is 16.5. The third kappa shape index (κ3) is 5.45. The molecule has 1 unspecified atom stereocenters. The van der Waals surface area contributed by atoms with Crippen molar-refractivity contribution in [2.45, 2.75) is 71.1 Å². The largest absolute Gasteiger partial charge is 0.486 e. The summed E-state index contributed by atoms with van der Waals surface area (Å²) in [4.78, 5) is 12.9. The Morgan fingerprint density at radius 1 is 1.00 bits per heavy atom. The number of nitrogens with one attached hydrogen (secondary N) is 1. The molecule has 0 spiro atoms. The van der Waals surface area contributed by atoms with Crippen LogP contribution in [0.4, 0.5) is 0 Å². The molecule has 0 saturated carbocycles. The maximum Gasteiger partial charge on any atom is 0.163 e. The van der Waals surface area contributed by atoms with Crippen molar-refractivity contribution in [1.29, 1.82) is 0 Å². The molecule has 0 radical (unpaired) electrons. The number of hydrogen-bond acceptors (Lipinski definition) is 3. The van der Waals surface area contributed by atoms with E-state index in [4.69, 9.17) is 4.74 Å². The Balaban J connectivity index is 1.62. The number of hydrogen-bond donors (Lipinski definition) is 1. The van der Waals surface area contributed by atoms with Crippen LogP contribution in [0.25, 0.3) is 0 Å². The number of Topliss-reactive ketones (excluding diaryl/α,β-unsaturated/α-hetero) is 1. The molecule has 150 valence electrons. The van der Waals surface area contributed by atoms with Gasteiger partial charge in [0.25, 0.3) is 0 Å². The van der Waals surface area contributed by atoms with Gasteiger partial charge in [-0.25, -0.2) is 0 Å². The van der Waals surface area contributed by atoms with Crippen LogP contribution in [-0.4, -0.2) is 16.9 Å². The molecular weight excluding hydrogens is 346 g/mol. The minimum Gasteiger partial charge on any atom is -0.486 e. The van der Waals surface area contributed by atoms with Gasteiger partial charge in [0, 0.05) is 23.1 Å². The summed E-state index contributed by atoms with van der Waals surface area (Å²) >= 11 is 0. The summed E-state index contributed by atoms with van der Waals surface area (Å²) in [7, 11) is 0. The van der Waals surface area contributed by atoms with E-state index >= 15 is 0 Å². The average Bonchev–Trinajstić information content (AvgIpc) is 2.60. The number of carbonyl (C=O) groups is 1. The van der Waals surface area contributed by atoms with Crippen LogP contribution in [0.5, 0.6) is 5.75 Å². The monoisotopic (exact) mass is 379 g/mol. The Kier molecular flexibility index (Phi) is 5.95. The molecule has 1 heterocycles. The summed E-state index contributed by atoms with van der Waals surface area (Å²) in [5.41, 5.74) is 2.01. The van der Waals surface area contributed by atoms with E-state index in [1.807, 2.05) is 61.5 Å². The molecule has 2 aromatic rings. The van der Waals surface area contributed by atoms with E-state index in [9.17, 15) is 4.79 Å². The fraction of sp³-hybridized carbons (Fsp3) is 0.480. The Bertz CT molecular complexity index is 777. The van der Waals surface area contributed by atoms with Crippen LogP contribution in [0.2, 0.25) is 0 Å². The predicted molar refractivity (Wildman–Crippen MR) is 115 cm³/mol. The molecular formula is C25H33NO2. The molecule has 1 aliphatic rings. The Hall–Kier alpha value is -2.13. The lowest BCUT2D eigenvalue weighted by atomic mass is 9.74. The van der Waals surface area contributed by atoms with Crippen molar-refractivity contribution in [3.05, 3.63) is 65.7 Å². The van der Waals surface area contributed by atoms with Crippen molar-refractivity contribution < 1.29 is 9.53 Å². The minimum atomic E-state index is -0.0578. The van der Waals surface area contributed by atoms with Crippen LogP contribution < -0.4 is 10.1 Å². The molecule has 0 aliphatic carbocycles. The first-order valence-electron chi connectivity index (χ1n) is 10.3. The predicted octanol–water partition coefficient (Wildman–Crippen LogP) is 5.96. The quantitative estimate of drug-likeness (QED) is 0.630. The van der Waals surface area contributed by atoms with Crippen LogP contribution >= 0.6 is 0 Å². The van der Waals surface area contributed by atoms with Crippen molar-refractivity contribution in [3.8, 4) is 5.75 Å². The van der Waals surface area contributed by atoms with Gasteiger partial charge in [0.15, 0.2) is 5.78 Å². The summed E-state index contributed by atoms with van der Waals surface area (Å²) in [6.07, 6.45) is 2.62. The molecule has 2 aromatic carbocycles. The van der Waals surface area contributed by atoms with Gasteiger partial charge < -0.3 is 10.1 Å². The number of benzene rings is 2. The second kappa shape index (κ2) is 8.08. The van der Waals surface area contributed by atoms with E-state index in [0.29, 0.717) is 12.3 Å². The van der Waals surface area contributed by atoms with Crippen molar-refractivity contribution in [2.24, 2.45) is 5.92 Å². The van der Waals surface area contributed by atoms with E-state index in [1.165, 1.54) is 0 Å². The molecule has 1 saturated heterocycles. The first kappa shape index (κ1) is 20.6. The molecule has 1 fully saturated rings. The van der Waals surface area contributed by atoms with Gasteiger partial charge >= 0.3 is 0 Å². The molecule has 0 bridgehead atoms. The first-order valence-corrected chi connectivity index (χ1v) is 10.3. The van der Waals surface area contributed by atoms with Gasteiger partial charge in [-0.3, -0.25) is 4.79 Å². The fourth-order valence-corrected chi connectivity index (χ4v) is 4.77. The van der Waals surface area contributed by atoms with Crippen LogP contribution in [-0.2, 0) is 0 Å². The lowest BCUT2D eigenvalue weighted by molar-refractivity contribution is 0.0864. The maximum absolute atomic E-state index is 12.9. The average molecular weight is 380 g/mol. The molecule has 3 nitrogen and oxygen atoms in total. The summed E-state index contributed by atoms with van der Waals surface area (Å²) in [6, 6.07) is 17.7. The highest BCUT2D eigenvalue weighted by Crippen LogP contribution is 2.35. The van der Waals surface area contributed by atoms with E-state index in [-0.39, 0.29) is 23.0 Å². The van der Waals surface area contributed by atoms with Gasteiger partial charge in [0.1, 0.15) is 11.9 Å². The number of para-hydroxylation sites is 1. The summed E-state index contributed by atoms with van der Waals surface area (Å²) in [5.74, 6) is 1.51. The highest BCUT2D eigenvalue weighted by molar-refractivity contribution is 5.96. The first-order chi connectivity index (χ1) is 13.1. The van der Waals surface area contributed by atoms with Crippen molar-refractivity contribution in [1.82, 2.24) is 5.32 Å². The summed E-state index contributed by atoms with van der Waals surface area (Å²) in [5, 5.41) is 3.69. The van der Waals surface area contributed by atoms with Gasteiger partial charge in [-0.1, -0.05) is 42.5 Å². The second-order valence-corrected chi connectivity index (χ2v) is 9.49. The molecule has 28 heavy (non-hydrogen) atoms. The van der Waals surface area contributed by atoms with Gasteiger partial charge in [-0.15, -0.1) is 0 Å². The van der Waals surface area contributed by atoms with Crippen LogP contribution in [0.1, 0.15) is 75.9 Å². The third-order valence-corrected chi connectivity index (χ3v) is 5.51.